The Hall–Kier alpha value is -3.38. The lowest BCUT2D eigenvalue weighted by molar-refractivity contribution is -0.129. The van der Waals surface area contributed by atoms with Crippen molar-refractivity contribution in [2.45, 2.75) is 58.9 Å². The number of amides is 1. The maximum absolute atomic E-state index is 11.2. The number of aryl methyl sites for hydroxylation is 5. The average molecular weight is 446 g/mol. The van der Waals surface area contributed by atoms with E-state index in [4.69, 9.17) is 9.73 Å². The first kappa shape index (κ1) is 22.8. The third kappa shape index (κ3) is 5.34. The molecule has 33 heavy (non-hydrogen) atoms. The van der Waals surface area contributed by atoms with Crippen LogP contribution < -0.4 is 5.48 Å². The van der Waals surface area contributed by atoms with Crippen LogP contribution >= 0.6 is 0 Å². The standard InChI is InChI=1S/C27H31N3O3/c1-19-27(20(2)33-29-19)22-14-15-25-24(17-22)23(13-12-21-9-5-3-6-10-21)18-30(25)16-8-4-7-11-26(31)28-32/h3,5-6,9-10,14-15,17-18,32H,4,7-8,11-13,16H2,1-2H3,(H,28,31). The maximum Gasteiger partial charge on any atom is 0.243 e. The van der Waals surface area contributed by atoms with E-state index in [0.717, 1.165) is 61.2 Å². The molecule has 0 radical (unpaired) electrons. The molecule has 2 aromatic carbocycles. The van der Waals surface area contributed by atoms with E-state index in [9.17, 15) is 4.79 Å². The van der Waals surface area contributed by atoms with E-state index in [0.29, 0.717) is 6.42 Å². The van der Waals surface area contributed by atoms with Crippen molar-refractivity contribution >= 4 is 16.8 Å². The number of hydroxylamine groups is 1. The summed E-state index contributed by atoms with van der Waals surface area (Å²) in [6.07, 6.45) is 7.27. The van der Waals surface area contributed by atoms with Crippen molar-refractivity contribution in [3.8, 4) is 11.1 Å². The van der Waals surface area contributed by atoms with Crippen molar-refractivity contribution in [1.82, 2.24) is 15.2 Å². The number of hydrogen-bond acceptors (Lipinski definition) is 4. The molecule has 6 heteroatoms. The average Bonchev–Trinajstić information content (AvgIpc) is 3.36. The molecule has 0 fully saturated rings. The molecule has 172 valence electrons. The van der Waals surface area contributed by atoms with Gasteiger partial charge in [-0.25, -0.2) is 5.48 Å². The minimum absolute atomic E-state index is 0.323. The van der Waals surface area contributed by atoms with Crippen molar-refractivity contribution in [3.63, 3.8) is 0 Å². The van der Waals surface area contributed by atoms with E-state index >= 15 is 0 Å². The normalized spacial score (nSPS) is 11.2. The summed E-state index contributed by atoms with van der Waals surface area (Å²) >= 11 is 0. The zero-order chi connectivity index (χ0) is 23.2. The lowest BCUT2D eigenvalue weighted by Crippen LogP contribution is -2.17. The molecule has 0 aliphatic rings. The number of hydrogen-bond donors (Lipinski definition) is 2. The van der Waals surface area contributed by atoms with Gasteiger partial charge in [-0.2, -0.15) is 0 Å². The molecule has 6 nitrogen and oxygen atoms in total. The second-order valence-electron chi connectivity index (χ2n) is 8.61. The van der Waals surface area contributed by atoms with Gasteiger partial charge in [0.05, 0.1) is 5.69 Å². The van der Waals surface area contributed by atoms with Gasteiger partial charge in [0.1, 0.15) is 5.76 Å². The molecular weight excluding hydrogens is 414 g/mol. The van der Waals surface area contributed by atoms with Crippen LogP contribution in [0.25, 0.3) is 22.0 Å². The van der Waals surface area contributed by atoms with Gasteiger partial charge in [-0.15, -0.1) is 0 Å². The molecule has 2 heterocycles. The molecule has 2 aromatic heterocycles. The number of benzene rings is 2. The van der Waals surface area contributed by atoms with Crippen molar-refractivity contribution < 1.29 is 14.5 Å². The molecule has 0 aliphatic carbocycles. The summed E-state index contributed by atoms with van der Waals surface area (Å²) in [5, 5.41) is 14.0. The van der Waals surface area contributed by atoms with Gasteiger partial charge < -0.3 is 9.09 Å². The summed E-state index contributed by atoms with van der Waals surface area (Å²) in [6.45, 7) is 4.83. The zero-order valence-electron chi connectivity index (χ0n) is 19.3. The molecule has 2 N–H and O–H groups in total. The predicted molar refractivity (Wildman–Crippen MR) is 129 cm³/mol. The fraction of sp³-hybridized carbons (Fsp3) is 0.333. The van der Waals surface area contributed by atoms with Crippen LogP contribution in [0.15, 0.2) is 59.3 Å². The first-order chi connectivity index (χ1) is 16.1. The number of carbonyl (C=O) groups is 1. The minimum atomic E-state index is -0.323. The smallest absolute Gasteiger partial charge is 0.243 e. The monoisotopic (exact) mass is 445 g/mol. The van der Waals surface area contributed by atoms with Crippen LogP contribution in [0, 0.1) is 13.8 Å². The molecule has 0 saturated carbocycles. The number of carbonyl (C=O) groups excluding carboxylic acids is 1. The lowest BCUT2D eigenvalue weighted by Gasteiger charge is -2.07. The van der Waals surface area contributed by atoms with Crippen LogP contribution in [0.1, 0.15) is 48.3 Å². The largest absolute Gasteiger partial charge is 0.361 e. The van der Waals surface area contributed by atoms with Gasteiger partial charge in [-0.05, 0) is 68.4 Å². The van der Waals surface area contributed by atoms with Crippen LogP contribution in [0.3, 0.4) is 0 Å². The molecule has 4 rings (SSSR count). The maximum atomic E-state index is 11.2. The molecule has 0 atom stereocenters. The zero-order valence-corrected chi connectivity index (χ0v) is 19.3. The number of fused-ring (bicyclic) bond motifs is 1. The van der Waals surface area contributed by atoms with E-state index in [-0.39, 0.29) is 5.91 Å². The van der Waals surface area contributed by atoms with E-state index in [1.807, 2.05) is 13.8 Å². The molecule has 0 unspecified atom stereocenters. The van der Waals surface area contributed by atoms with Gasteiger partial charge in [-0.1, -0.05) is 48.0 Å². The fourth-order valence-corrected chi connectivity index (χ4v) is 4.53. The van der Waals surface area contributed by atoms with Crippen LogP contribution in [-0.2, 0) is 24.2 Å². The minimum Gasteiger partial charge on any atom is -0.361 e. The van der Waals surface area contributed by atoms with Crippen LogP contribution in [0.2, 0.25) is 0 Å². The summed E-state index contributed by atoms with van der Waals surface area (Å²) in [4.78, 5) is 11.2. The van der Waals surface area contributed by atoms with Crippen molar-refractivity contribution in [1.29, 1.82) is 0 Å². The molecule has 0 spiro atoms. The molecule has 4 aromatic rings. The number of unbranched alkanes of at least 4 members (excludes halogenated alkanes) is 2. The van der Waals surface area contributed by atoms with Crippen molar-refractivity contribution in [2.75, 3.05) is 0 Å². The van der Waals surface area contributed by atoms with E-state index < -0.39 is 0 Å². The number of nitrogens with zero attached hydrogens (tertiary/aromatic N) is 2. The number of rotatable bonds is 10. The van der Waals surface area contributed by atoms with Gasteiger partial charge >= 0.3 is 0 Å². The van der Waals surface area contributed by atoms with Crippen molar-refractivity contribution in [2.24, 2.45) is 0 Å². The molecule has 0 bridgehead atoms. The van der Waals surface area contributed by atoms with E-state index in [1.54, 1.807) is 5.48 Å². The third-order valence-corrected chi connectivity index (χ3v) is 6.24. The van der Waals surface area contributed by atoms with Crippen LogP contribution in [0.5, 0.6) is 0 Å². The Labute approximate surface area is 194 Å². The number of nitrogens with one attached hydrogen (secondary N) is 1. The van der Waals surface area contributed by atoms with Gasteiger partial charge in [0.25, 0.3) is 0 Å². The highest BCUT2D eigenvalue weighted by Gasteiger charge is 2.15. The van der Waals surface area contributed by atoms with Crippen LogP contribution in [0.4, 0.5) is 0 Å². The molecule has 0 aliphatic heterocycles. The summed E-state index contributed by atoms with van der Waals surface area (Å²) in [7, 11) is 0. The summed E-state index contributed by atoms with van der Waals surface area (Å²) < 4.78 is 7.74. The Morgan fingerprint density at radius 2 is 1.88 bits per heavy atom. The second-order valence-corrected chi connectivity index (χ2v) is 8.61. The lowest BCUT2D eigenvalue weighted by atomic mass is 9.99. The Kier molecular flexibility index (Phi) is 7.25. The Morgan fingerprint density at radius 3 is 2.61 bits per heavy atom. The first-order valence-corrected chi connectivity index (χ1v) is 11.6. The Morgan fingerprint density at radius 1 is 1.06 bits per heavy atom. The third-order valence-electron chi connectivity index (χ3n) is 6.24. The summed E-state index contributed by atoms with van der Waals surface area (Å²) in [5.41, 5.74) is 8.70. The van der Waals surface area contributed by atoms with Gasteiger partial charge in [0.2, 0.25) is 5.91 Å². The highest BCUT2D eigenvalue weighted by Crippen LogP contribution is 2.32. The Balaban J connectivity index is 1.58. The van der Waals surface area contributed by atoms with E-state index in [1.165, 1.54) is 22.0 Å². The van der Waals surface area contributed by atoms with Gasteiger partial charge in [-0.3, -0.25) is 10.0 Å². The highest BCUT2D eigenvalue weighted by molar-refractivity contribution is 5.89. The predicted octanol–water partition coefficient (Wildman–Crippen LogP) is 5.76. The van der Waals surface area contributed by atoms with Gasteiger partial charge in [0.15, 0.2) is 0 Å². The molecular formula is C27H31N3O3. The second kappa shape index (κ2) is 10.5. The molecule has 1 amide bonds. The SMILES string of the molecule is Cc1noc(C)c1-c1ccc2c(c1)c(CCc1ccccc1)cn2CCCCCC(=O)NO. The van der Waals surface area contributed by atoms with E-state index in [2.05, 4.69) is 64.5 Å². The van der Waals surface area contributed by atoms with Crippen molar-refractivity contribution in [3.05, 3.63) is 77.3 Å². The van der Waals surface area contributed by atoms with Gasteiger partial charge in [0, 0.05) is 35.6 Å². The summed E-state index contributed by atoms with van der Waals surface area (Å²) in [5.74, 6) is 0.514. The topological polar surface area (TPSA) is 80.3 Å². The van der Waals surface area contributed by atoms with Crippen LogP contribution in [-0.4, -0.2) is 20.8 Å². The first-order valence-electron chi connectivity index (χ1n) is 11.6. The molecule has 0 saturated heterocycles. The quantitative estimate of drug-likeness (QED) is 0.185. The summed E-state index contributed by atoms with van der Waals surface area (Å²) in [6, 6.07) is 17.2. The number of aromatic nitrogens is 2. The highest BCUT2D eigenvalue weighted by atomic mass is 16.5. The fourth-order valence-electron chi connectivity index (χ4n) is 4.53. The Bertz CT molecular complexity index is 1200.